The van der Waals surface area contributed by atoms with Gasteiger partial charge in [-0.25, -0.2) is 13.9 Å². The molecular weight excluding hydrogens is 283 g/mol. The molecule has 1 heterocycles. The first kappa shape index (κ1) is 16.9. The maximum Gasteiger partial charge on any atom is 0.346 e. The highest BCUT2D eigenvalue weighted by molar-refractivity contribution is 4.99. The molecule has 0 amide bonds. The first-order valence-corrected chi connectivity index (χ1v) is 8.38. The van der Waals surface area contributed by atoms with Crippen LogP contribution in [0, 0.1) is 0 Å². The average molecular weight is 310 g/mol. The Morgan fingerprint density at radius 2 is 1.82 bits per heavy atom. The molecule has 0 bridgehead atoms. The first-order valence-electron chi connectivity index (χ1n) is 8.38. The van der Waals surface area contributed by atoms with E-state index < -0.39 is 0 Å². The molecule has 2 rings (SSSR count). The van der Waals surface area contributed by atoms with Crippen molar-refractivity contribution in [2.45, 2.75) is 70.4 Å². The van der Waals surface area contributed by atoms with Gasteiger partial charge >= 0.3 is 5.69 Å². The third kappa shape index (κ3) is 4.53. The third-order valence-corrected chi connectivity index (χ3v) is 4.49. The van der Waals surface area contributed by atoms with Crippen molar-refractivity contribution in [3.8, 4) is 0 Å². The quantitative estimate of drug-likeness (QED) is 0.930. The van der Waals surface area contributed by atoms with Crippen LogP contribution in [0.1, 0.15) is 63.8 Å². The van der Waals surface area contributed by atoms with Crippen LogP contribution in [0.25, 0.3) is 0 Å². The van der Waals surface area contributed by atoms with Crippen molar-refractivity contribution in [1.82, 2.24) is 14.3 Å². The van der Waals surface area contributed by atoms with Gasteiger partial charge in [-0.2, -0.15) is 5.10 Å². The normalized spacial score (nSPS) is 19.3. The number of rotatable bonds is 4. The minimum atomic E-state index is -0.158. The fourth-order valence-electron chi connectivity index (χ4n) is 3.11. The summed E-state index contributed by atoms with van der Waals surface area (Å²) in [6, 6.07) is 0.218. The molecule has 0 unspecified atom stereocenters. The standard InChI is InChI=1S/C16H27FN4O/c17-10-14(11-18)12-21-16(22)20(13-19-21)15-8-6-4-2-1-3-5-7-9-15/h10,13,15H,1-9,11-12,18H2/b14-10+. The SMILES string of the molecule is NC/C(=C\F)Cn1ncn(C2CCCCCCCCC2)c1=O. The van der Waals surface area contributed by atoms with Gasteiger partial charge in [-0.15, -0.1) is 0 Å². The van der Waals surface area contributed by atoms with Crippen molar-refractivity contribution >= 4 is 0 Å². The van der Waals surface area contributed by atoms with Crippen molar-refractivity contribution in [1.29, 1.82) is 0 Å². The molecule has 0 aliphatic heterocycles. The zero-order chi connectivity index (χ0) is 15.8. The summed E-state index contributed by atoms with van der Waals surface area (Å²) in [5.74, 6) is 0. The highest BCUT2D eigenvalue weighted by atomic mass is 19.1. The molecule has 124 valence electrons. The van der Waals surface area contributed by atoms with E-state index in [2.05, 4.69) is 5.10 Å². The molecule has 5 nitrogen and oxygen atoms in total. The minimum absolute atomic E-state index is 0.0965. The largest absolute Gasteiger partial charge is 0.346 e. The summed E-state index contributed by atoms with van der Waals surface area (Å²) in [5, 5.41) is 4.13. The van der Waals surface area contributed by atoms with Gasteiger partial charge in [0, 0.05) is 12.6 Å². The van der Waals surface area contributed by atoms with Crippen LogP contribution >= 0.6 is 0 Å². The molecule has 1 aliphatic carbocycles. The molecule has 1 saturated carbocycles. The number of aromatic nitrogens is 3. The lowest BCUT2D eigenvalue weighted by Gasteiger charge is -2.18. The number of halogens is 1. The summed E-state index contributed by atoms with van der Waals surface area (Å²) in [7, 11) is 0. The number of nitrogens with zero attached hydrogens (tertiary/aromatic N) is 3. The summed E-state index contributed by atoms with van der Waals surface area (Å²) in [6.45, 7) is 0.227. The highest BCUT2D eigenvalue weighted by Crippen LogP contribution is 2.24. The fraction of sp³-hybridized carbons (Fsp3) is 0.750. The molecule has 1 aromatic heterocycles. The number of nitrogens with two attached hydrogens (primary N) is 1. The molecule has 0 radical (unpaired) electrons. The molecule has 22 heavy (non-hydrogen) atoms. The van der Waals surface area contributed by atoms with Crippen LogP contribution in [0.3, 0.4) is 0 Å². The van der Waals surface area contributed by atoms with E-state index >= 15 is 0 Å². The smallest absolute Gasteiger partial charge is 0.327 e. The topological polar surface area (TPSA) is 65.8 Å². The van der Waals surface area contributed by atoms with Gasteiger partial charge in [-0.05, 0) is 18.4 Å². The maximum absolute atomic E-state index is 12.6. The van der Waals surface area contributed by atoms with E-state index in [-0.39, 0.29) is 24.8 Å². The van der Waals surface area contributed by atoms with Crippen molar-refractivity contribution in [2.75, 3.05) is 6.54 Å². The number of hydrogen-bond donors (Lipinski definition) is 1. The van der Waals surface area contributed by atoms with E-state index in [9.17, 15) is 9.18 Å². The van der Waals surface area contributed by atoms with Crippen molar-refractivity contribution in [3.63, 3.8) is 0 Å². The molecule has 0 spiro atoms. The molecule has 0 saturated heterocycles. The Bertz CT molecular complexity index is 524. The predicted molar refractivity (Wildman–Crippen MR) is 85.3 cm³/mol. The maximum atomic E-state index is 12.6. The second-order valence-electron chi connectivity index (χ2n) is 6.16. The molecule has 1 aromatic rings. The van der Waals surface area contributed by atoms with Crippen LogP contribution in [-0.2, 0) is 6.54 Å². The van der Waals surface area contributed by atoms with Crippen LogP contribution in [-0.4, -0.2) is 20.9 Å². The van der Waals surface area contributed by atoms with Crippen LogP contribution in [0.4, 0.5) is 4.39 Å². The second kappa shape index (κ2) is 8.88. The Balaban J connectivity index is 2.09. The zero-order valence-electron chi connectivity index (χ0n) is 13.2. The summed E-state index contributed by atoms with van der Waals surface area (Å²) in [6.07, 6.45) is 12.8. The molecular formula is C16H27FN4O. The van der Waals surface area contributed by atoms with Gasteiger partial charge in [0.15, 0.2) is 0 Å². The van der Waals surface area contributed by atoms with E-state index in [0.29, 0.717) is 11.9 Å². The average Bonchev–Trinajstić information content (AvgIpc) is 2.90. The lowest BCUT2D eigenvalue weighted by Crippen LogP contribution is -2.29. The van der Waals surface area contributed by atoms with E-state index in [0.717, 1.165) is 25.7 Å². The zero-order valence-corrected chi connectivity index (χ0v) is 13.2. The summed E-state index contributed by atoms with van der Waals surface area (Å²) < 4.78 is 15.7. The van der Waals surface area contributed by atoms with Crippen molar-refractivity contribution < 1.29 is 4.39 Å². The van der Waals surface area contributed by atoms with Crippen LogP contribution in [0.5, 0.6) is 0 Å². The van der Waals surface area contributed by atoms with Gasteiger partial charge < -0.3 is 5.73 Å². The van der Waals surface area contributed by atoms with Crippen LogP contribution in [0.2, 0.25) is 0 Å². The van der Waals surface area contributed by atoms with Gasteiger partial charge in [0.25, 0.3) is 0 Å². The van der Waals surface area contributed by atoms with Crippen molar-refractivity contribution in [3.05, 3.63) is 28.7 Å². The van der Waals surface area contributed by atoms with Gasteiger partial charge in [-0.3, -0.25) is 4.57 Å². The third-order valence-electron chi connectivity index (χ3n) is 4.49. The molecule has 0 atom stereocenters. The van der Waals surface area contributed by atoms with E-state index in [1.54, 1.807) is 10.9 Å². The predicted octanol–water partition coefficient (Wildman–Crippen LogP) is 2.92. The fourth-order valence-corrected chi connectivity index (χ4v) is 3.11. The lowest BCUT2D eigenvalue weighted by atomic mass is 9.97. The minimum Gasteiger partial charge on any atom is -0.327 e. The van der Waals surface area contributed by atoms with Crippen molar-refractivity contribution in [2.24, 2.45) is 5.73 Å². The highest BCUT2D eigenvalue weighted by Gasteiger charge is 2.16. The molecule has 0 aromatic carbocycles. The Hall–Kier alpha value is -1.43. The Morgan fingerprint density at radius 1 is 1.23 bits per heavy atom. The summed E-state index contributed by atoms with van der Waals surface area (Å²) in [5.41, 5.74) is 5.66. The monoisotopic (exact) mass is 310 g/mol. The van der Waals surface area contributed by atoms with E-state index in [4.69, 9.17) is 5.73 Å². The molecule has 2 N–H and O–H groups in total. The molecule has 6 heteroatoms. The number of hydrogen-bond acceptors (Lipinski definition) is 3. The summed E-state index contributed by atoms with van der Waals surface area (Å²) in [4.78, 5) is 12.5. The van der Waals surface area contributed by atoms with Gasteiger partial charge in [0.05, 0.1) is 12.9 Å². The first-order chi connectivity index (χ1) is 10.8. The Labute approximate surface area is 131 Å². The Morgan fingerprint density at radius 3 is 2.36 bits per heavy atom. The molecule has 1 fully saturated rings. The van der Waals surface area contributed by atoms with Gasteiger partial charge in [-0.1, -0.05) is 44.9 Å². The molecule has 1 aliphatic rings. The van der Waals surface area contributed by atoms with E-state index in [1.165, 1.54) is 36.8 Å². The second-order valence-corrected chi connectivity index (χ2v) is 6.16. The lowest BCUT2D eigenvalue weighted by molar-refractivity contribution is 0.372. The summed E-state index contributed by atoms with van der Waals surface area (Å²) >= 11 is 0. The Kier molecular flexibility index (Phi) is 6.83. The van der Waals surface area contributed by atoms with Crippen LogP contribution < -0.4 is 11.4 Å². The van der Waals surface area contributed by atoms with Gasteiger partial charge in [0.1, 0.15) is 6.33 Å². The van der Waals surface area contributed by atoms with Crippen LogP contribution in [0.15, 0.2) is 23.0 Å². The van der Waals surface area contributed by atoms with E-state index in [1.807, 2.05) is 0 Å². The van der Waals surface area contributed by atoms with Gasteiger partial charge in [0.2, 0.25) is 0 Å².